The Morgan fingerprint density at radius 3 is 2.74 bits per heavy atom. The molecule has 0 bridgehead atoms. The summed E-state index contributed by atoms with van der Waals surface area (Å²) >= 11 is 0. The van der Waals surface area contributed by atoms with Gasteiger partial charge < -0.3 is 21.1 Å². The molecule has 0 aromatic carbocycles. The molecule has 10 heteroatoms. The van der Waals surface area contributed by atoms with Crippen LogP contribution in [0.5, 0.6) is 0 Å². The number of hydrogen-bond donors (Lipinski definition) is 3. The molecule has 0 aliphatic carbocycles. The van der Waals surface area contributed by atoms with Gasteiger partial charge in [-0.15, -0.1) is 5.10 Å². The molecule has 10 nitrogen and oxygen atoms in total. The second-order valence-corrected chi connectivity index (χ2v) is 4.98. The van der Waals surface area contributed by atoms with Crippen LogP contribution in [0.4, 0.5) is 0 Å². The predicted octanol–water partition coefficient (Wildman–Crippen LogP) is -2.62. The van der Waals surface area contributed by atoms with Crippen molar-refractivity contribution in [1.29, 1.82) is 0 Å². The fourth-order valence-corrected chi connectivity index (χ4v) is 1.80. The number of quaternary nitrogens is 1. The van der Waals surface area contributed by atoms with E-state index >= 15 is 0 Å². The summed E-state index contributed by atoms with van der Waals surface area (Å²) < 4.78 is 6.50. The maximum Gasteiger partial charge on any atom is 0.329 e. The normalized spacial score (nSPS) is 11.6. The topological polar surface area (TPSA) is 143 Å². The standard InChI is InChI=1S/C13H22N6O4/c1-9-7-19(18-17-9)6-5-15-12(21)8-23-13(22)11(3-4-14)16-10(2)20/h7,11H,3-6,8,14H2,1-2H3,(H,15,21)(H,16,20)/p+1. The molecule has 23 heavy (non-hydrogen) atoms. The van der Waals surface area contributed by atoms with Crippen LogP contribution >= 0.6 is 0 Å². The summed E-state index contributed by atoms with van der Waals surface area (Å²) in [4.78, 5) is 34.4. The predicted molar refractivity (Wildman–Crippen MR) is 78.7 cm³/mol. The Hall–Kier alpha value is -2.49. The van der Waals surface area contributed by atoms with Crippen molar-refractivity contribution >= 4 is 17.8 Å². The van der Waals surface area contributed by atoms with Crippen LogP contribution in [0.1, 0.15) is 19.0 Å². The molecule has 128 valence electrons. The molecule has 1 aromatic rings. The molecular weight excluding hydrogens is 304 g/mol. The SMILES string of the molecule is CC(=O)NC(CC[NH3+])C(=O)OCC(=O)NCCn1cc(C)nn1. The van der Waals surface area contributed by atoms with Gasteiger partial charge in [0.25, 0.3) is 5.91 Å². The van der Waals surface area contributed by atoms with Gasteiger partial charge in [-0.2, -0.15) is 0 Å². The Labute approximate surface area is 133 Å². The maximum absolute atomic E-state index is 11.8. The lowest BCUT2D eigenvalue weighted by atomic mass is 10.2. The summed E-state index contributed by atoms with van der Waals surface area (Å²) in [5.41, 5.74) is 4.42. The van der Waals surface area contributed by atoms with Gasteiger partial charge in [-0.05, 0) is 6.92 Å². The number of hydrogen-bond acceptors (Lipinski definition) is 6. The van der Waals surface area contributed by atoms with Gasteiger partial charge in [-0.3, -0.25) is 14.3 Å². The number of carbonyl (C=O) groups excluding carboxylic acids is 3. The van der Waals surface area contributed by atoms with Gasteiger partial charge in [0, 0.05) is 26.1 Å². The highest BCUT2D eigenvalue weighted by molar-refractivity contribution is 5.85. The Bertz CT molecular complexity index is 544. The van der Waals surface area contributed by atoms with Crippen LogP contribution in [0.25, 0.3) is 0 Å². The summed E-state index contributed by atoms with van der Waals surface area (Å²) in [7, 11) is 0. The summed E-state index contributed by atoms with van der Waals surface area (Å²) in [5, 5.41) is 12.7. The molecule has 0 fully saturated rings. The average Bonchev–Trinajstić information content (AvgIpc) is 2.89. The van der Waals surface area contributed by atoms with E-state index in [4.69, 9.17) is 4.74 Å². The van der Waals surface area contributed by atoms with Crippen LogP contribution in [-0.2, 0) is 25.7 Å². The Balaban J connectivity index is 2.27. The van der Waals surface area contributed by atoms with E-state index in [-0.39, 0.29) is 5.91 Å². The van der Waals surface area contributed by atoms with Gasteiger partial charge in [0.2, 0.25) is 5.91 Å². The minimum absolute atomic E-state index is 0.340. The first-order chi connectivity index (χ1) is 10.9. The van der Waals surface area contributed by atoms with Crippen LogP contribution in [0, 0.1) is 6.92 Å². The van der Waals surface area contributed by atoms with Crippen molar-refractivity contribution in [3.63, 3.8) is 0 Å². The lowest BCUT2D eigenvalue weighted by Gasteiger charge is -2.15. The maximum atomic E-state index is 11.8. The van der Waals surface area contributed by atoms with Gasteiger partial charge in [0.15, 0.2) is 6.61 Å². The molecule has 0 saturated carbocycles. The monoisotopic (exact) mass is 327 g/mol. The molecule has 1 aromatic heterocycles. The average molecular weight is 327 g/mol. The van der Waals surface area contributed by atoms with Gasteiger partial charge in [-0.25, -0.2) is 4.79 Å². The largest absolute Gasteiger partial charge is 0.454 e. The summed E-state index contributed by atoms with van der Waals surface area (Å²) in [6.07, 6.45) is 2.11. The lowest BCUT2D eigenvalue weighted by Crippen LogP contribution is -2.54. The number of esters is 1. The zero-order valence-corrected chi connectivity index (χ0v) is 13.4. The van der Waals surface area contributed by atoms with Gasteiger partial charge in [0.1, 0.15) is 6.04 Å². The number of rotatable bonds is 9. The molecule has 2 amide bonds. The molecule has 0 saturated heterocycles. The molecule has 0 aliphatic rings. The minimum atomic E-state index is -0.782. The first-order valence-corrected chi connectivity index (χ1v) is 7.28. The molecule has 1 rings (SSSR count). The second-order valence-electron chi connectivity index (χ2n) is 4.98. The molecule has 0 spiro atoms. The fraction of sp³-hybridized carbons (Fsp3) is 0.615. The molecule has 0 radical (unpaired) electrons. The Morgan fingerprint density at radius 2 is 2.17 bits per heavy atom. The lowest BCUT2D eigenvalue weighted by molar-refractivity contribution is -0.368. The minimum Gasteiger partial charge on any atom is -0.454 e. The van der Waals surface area contributed by atoms with Crippen molar-refractivity contribution < 1.29 is 24.9 Å². The number of aromatic nitrogens is 3. The first-order valence-electron chi connectivity index (χ1n) is 7.28. The van der Waals surface area contributed by atoms with Crippen LogP contribution in [0.3, 0.4) is 0 Å². The highest BCUT2D eigenvalue weighted by atomic mass is 16.5. The molecule has 1 unspecified atom stereocenters. The van der Waals surface area contributed by atoms with E-state index in [0.717, 1.165) is 5.69 Å². The van der Waals surface area contributed by atoms with Crippen LogP contribution in [0.2, 0.25) is 0 Å². The third-order valence-corrected chi connectivity index (χ3v) is 2.82. The zero-order chi connectivity index (χ0) is 17.2. The van der Waals surface area contributed by atoms with Crippen molar-refractivity contribution in [2.24, 2.45) is 0 Å². The summed E-state index contributed by atoms with van der Waals surface area (Å²) in [5.74, 6) is -1.41. The van der Waals surface area contributed by atoms with Crippen LogP contribution in [0.15, 0.2) is 6.20 Å². The van der Waals surface area contributed by atoms with Crippen LogP contribution in [-0.4, -0.2) is 58.5 Å². The molecule has 5 N–H and O–H groups in total. The molecule has 0 aliphatic heterocycles. The van der Waals surface area contributed by atoms with E-state index in [1.165, 1.54) is 6.92 Å². The number of aryl methyl sites for hydroxylation is 1. The van der Waals surface area contributed by atoms with E-state index in [9.17, 15) is 14.4 Å². The van der Waals surface area contributed by atoms with E-state index in [1.54, 1.807) is 10.9 Å². The van der Waals surface area contributed by atoms with Crippen molar-refractivity contribution in [1.82, 2.24) is 25.6 Å². The smallest absolute Gasteiger partial charge is 0.329 e. The highest BCUT2D eigenvalue weighted by Crippen LogP contribution is 1.95. The molecule has 1 atom stereocenters. The first kappa shape index (κ1) is 18.6. The summed E-state index contributed by atoms with van der Waals surface area (Å²) in [6, 6.07) is -0.782. The van der Waals surface area contributed by atoms with Crippen molar-refractivity contribution in [2.75, 3.05) is 19.7 Å². The van der Waals surface area contributed by atoms with Crippen molar-refractivity contribution in [3.05, 3.63) is 11.9 Å². The zero-order valence-electron chi connectivity index (χ0n) is 13.4. The van der Waals surface area contributed by atoms with E-state index in [2.05, 4.69) is 26.7 Å². The van der Waals surface area contributed by atoms with E-state index < -0.39 is 24.5 Å². The van der Waals surface area contributed by atoms with Crippen molar-refractivity contribution in [3.8, 4) is 0 Å². The number of nitrogens with one attached hydrogen (secondary N) is 2. The van der Waals surface area contributed by atoms with E-state index in [0.29, 0.717) is 26.1 Å². The number of ether oxygens (including phenoxy) is 1. The summed E-state index contributed by atoms with van der Waals surface area (Å²) in [6.45, 7) is 4.00. The van der Waals surface area contributed by atoms with Gasteiger partial charge in [0.05, 0.1) is 18.8 Å². The second kappa shape index (κ2) is 9.51. The van der Waals surface area contributed by atoms with E-state index in [1.807, 2.05) is 6.92 Å². The third kappa shape index (κ3) is 7.36. The Kier molecular flexibility index (Phi) is 7.67. The Morgan fingerprint density at radius 1 is 1.43 bits per heavy atom. The highest BCUT2D eigenvalue weighted by Gasteiger charge is 2.21. The van der Waals surface area contributed by atoms with Gasteiger partial charge >= 0.3 is 5.97 Å². The number of amides is 2. The number of carbonyl (C=O) groups is 3. The fourth-order valence-electron chi connectivity index (χ4n) is 1.80. The van der Waals surface area contributed by atoms with Crippen molar-refractivity contribution in [2.45, 2.75) is 32.9 Å². The van der Waals surface area contributed by atoms with Gasteiger partial charge in [-0.1, -0.05) is 5.21 Å². The van der Waals surface area contributed by atoms with Crippen LogP contribution < -0.4 is 16.4 Å². The quantitative estimate of drug-likeness (QED) is 0.424. The number of nitrogens with zero attached hydrogens (tertiary/aromatic N) is 3. The molecular formula is C13H23N6O4+. The third-order valence-electron chi connectivity index (χ3n) is 2.82. The molecule has 1 heterocycles.